The minimum Gasteiger partial charge on any atom is -0.393 e. The molecule has 9 atom stereocenters. The molecule has 0 heterocycles. The number of hydrogen-bond acceptors (Lipinski definition) is 7. The lowest BCUT2D eigenvalue weighted by molar-refractivity contribution is -0.183. The lowest BCUT2D eigenvalue weighted by atomic mass is 9.38. The first-order valence-electron chi connectivity index (χ1n) is 13.5. The van der Waals surface area contributed by atoms with Gasteiger partial charge in [0.2, 0.25) is 0 Å². The van der Waals surface area contributed by atoms with E-state index < -0.39 is 56.8 Å². The molecule has 37 heavy (non-hydrogen) atoms. The highest BCUT2D eigenvalue weighted by atomic mass is 16.3. The fraction of sp³-hybridized carbons (Fsp3) is 0.767. The summed E-state index contributed by atoms with van der Waals surface area (Å²) in [5.74, 6) is -2.24. The number of Topliss-reactive ketones (excluding diaryl/α,β-unsaturated/α-hetero) is 2. The lowest BCUT2D eigenvalue weighted by Gasteiger charge is -2.64. The first-order chi connectivity index (χ1) is 16.7. The van der Waals surface area contributed by atoms with E-state index in [1.54, 1.807) is 0 Å². The van der Waals surface area contributed by atoms with Crippen LogP contribution in [0.4, 0.5) is 0 Å². The predicted molar refractivity (Wildman–Crippen MR) is 138 cm³/mol. The predicted octanol–water partition coefficient (Wildman–Crippen LogP) is 2.93. The molecule has 4 aliphatic rings. The summed E-state index contributed by atoms with van der Waals surface area (Å²) in [4.78, 5) is 40.2. The van der Waals surface area contributed by atoms with E-state index in [0.29, 0.717) is 12.8 Å². The highest BCUT2D eigenvalue weighted by Crippen LogP contribution is 2.74. The van der Waals surface area contributed by atoms with E-state index >= 15 is 0 Å². The standard InChI is InChI=1S/C30H44O7/c1-25(2,36)12-11-21(33)30(8,37)23-19(32)14-27(5)20-10-9-16-17(13-18(31)24(35)26(16,3)4)29(20,7)22(34)15-28(23,27)6/h9,11-12,17-20,23,31-32,36-37H,10,13-15H2,1-8H3/b12-11+/t17?,18-,19+,20?,23?,27-,28+,29-,30-/m1/s1. The Morgan fingerprint density at radius 3 is 2.19 bits per heavy atom. The van der Waals surface area contributed by atoms with E-state index in [-0.39, 0.29) is 36.2 Å². The van der Waals surface area contributed by atoms with Gasteiger partial charge in [-0.2, -0.15) is 0 Å². The van der Waals surface area contributed by atoms with Crippen molar-refractivity contribution < 1.29 is 34.8 Å². The molecule has 0 saturated heterocycles. The van der Waals surface area contributed by atoms with E-state index in [1.807, 2.05) is 27.7 Å². The van der Waals surface area contributed by atoms with Crippen LogP contribution in [0, 0.1) is 39.4 Å². The SMILES string of the molecule is CC(C)(O)/C=C/C(=O)[C@@](C)(O)C1[C@@H](O)C[C@]2(C)C3CC=C4C(C[C@@H](O)C(=O)C4(C)C)[C@@]3(C)C(=O)C[C@@]12C. The van der Waals surface area contributed by atoms with Crippen molar-refractivity contribution in [3.63, 3.8) is 0 Å². The topological polar surface area (TPSA) is 132 Å². The number of ketones is 3. The fourth-order valence-corrected chi connectivity index (χ4v) is 9.00. The third kappa shape index (κ3) is 3.71. The maximum atomic E-state index is 14.2. The zero-order valence-corrected chi connectivity index (χ0v) is 23.5. The third-order valence-corrected chi connectivity index (χ3v) is 11.1. The minimum atomic E-state index is -1.95. The van der Waals surface area contributed by atoms with E-state index in [9.17, 15) is 34.8 Å². The summed E-state index contributed by atoms with van der Waals surface area (Å²) in [6, 6.07) is 0. The summed E-state index contributed by atoms with van der Waals surface area (Å²) in [5.41, 5.74) is -5.46. The molecule has 4 aliphatic carbocycles. The Labute approximate surface area is 220 Å². The van der Waals surface area contributed by atoms with E-state index in [1.165, 1.54) is 32.9 Å². The van der Waals surface area contributed by atoms with E-state index in [0.717, 1.165) is 5.57 Å². The van der Waals surface area contributed by atoms with Crippen LogP contribution >= 0.6 is 0 Å². The van der Waals surface area contributed by atoms with Crippen molar-refractivity contribution in [3.05, 3.63) is 23.8 Å². The fourth-order valence-electron chi connectivity index (χ4n) is 9.00. The highest BCUT2D eigenvalue weighted by Gasteiger charge is 2.74. The van der Waals surface area contributed by atoms with E-state index in [4.69, 9.17) is 0 Å². The van der Waals surface area contributed by atoms with Gasteiger partial charge in [-0.05, 0) is 82.6 Å². The maximum Gasteiger partial charge on any atom is 0.187 e. The van der Waals surface area contributed by atoms with Gasteiger partial charge in [-0.3, -0.25) is 14.4 Å². The van der Waals surface area contributed by atoms with Crippen LogP contribution < -0.4 is 0 Å². The van der Waals surface area contributed by atoms with Gasteiger partial charge in [0.15, 0.2) is 11.6 Å². The Balaban J connectivity index is 1.80. The summed E-state index contributed by atoms with van der Waals surface area (Å²) >= 11 is 0. The quantitative estimate of drug-likeness (QED) is 0.334. The molecule has 0 aromatic heterocycles. The number of carbonyl (C=O) groups excluding carboxylic acids is 3. The zero-order valence-electron chi connectivity index (χ0n) is 23.5. The molecule has 0 spiro atoms. The summed E-state index contributed by atoms with van der Waals surface area (Å²) in [6.07, 6.45) is 3.54. The van der Waals surface area contributed by atoms with Gasteiger partial charge in [0.05, 0.1) is 11.7 Å². The van der Waals surface area contributed by atoms with Crippen LogP contribution in [0.5, 0.6) is 0 Å². The molecule has 0 aromatic rings. The second-order valence-corrected chi connectivity index (χ2v) is 14.2. The first-order valence-corrected chi connectivity index (χ1v) is 13.5. The Hall–Kier alpha value is -1.67. The van der Waals surface area contributed by atoms with Crippen LogP contribution in [-0.4, -0.2) is 61.2 Å². The second-order valence-electron chi connectivity index (χ2n) is 14.2. The molecule has 0 radical (unpaired) electrons. The van der Waals surface area contributed by atoms with Crippen LogP contribution in [0.15, 0.2) is 23.8 Å². The molecule has 0 aliphatic heterocycles. The Morgan fingerprint density at radius 2 is 1.62 bits per heavy atom. The Bertz CT molecular complexity index is 1090. The van der Waals surface area contributed by atoms with Crippen molar-refractivity contribution in [2.45, 2.75) is 104 Å². The van der Waals surface area contributed by atoms with Gasteiger partial charge in [0.25, 0.3) is 0 Å². The van der Waals surface area contributed by atoms with Crippen molar-refractivity contribution in [1.82, 2.24) is 0 Å². The number of hydrogen-bond donors (Lipinski definition) is 4. The highest BCUT2D eigenvalue weighted by molar-refractivity contribution is 5.98. The molecule has 7 nitrogen and oxygen atoms in total. The summed E-state index contributed by atoms with van der Waals surface area (Å²) < 4.78 is 0. The van der Waals surface area contributed by atoms with Crippen molar-refractivity contribution >= 4 is 17.3 Å². The molecular weight excluding hydrogens is 472 g/mol. The zero-order chi connectivity index (χ0) is 28.1. The molecule has 4 rings (SSSR count). The number of allylic oxidation sites excluding steroid dienone is 2. The van der Waals surface area contributed by atoms with Crippen LogP contribution in [0.2, 0.25) is 0 Å². The van der Waals surface area contributed by atoms with Gasteiger partial charge in [-0.1, -0.05) is 38.5 Å². The number of fused-ring (bicyclic) bond motifs is 5. The third-order valence-electron chi connectivity index (χ3n) is 11.1. The maximum absolute atomic E-state index is 14.2. The number of carbonyl (C=O) groups is 3. The molecule has 206 valence electrons. The van der Waals surface area contributed by atoms with Gasteiger partial charge < -0.3 is 20.4 Å². The van der Waals surface area contributed by atoms with Crippen LogP contribution in [0.1, 0.15) is 81.1 Å². The molecule has 3 saturated carbocycles. The monoisotopic (exact) mass is 516 g/mol. The minimum absolute atomic E-state index is 0.0141. The number of aliphatic hydroxyl groups is 4. The number of aliphatic hydroxyl groups excluding tert-OH is 2. The molecule has 7 heteroatoms. The van der Waals surface area contributed by atoms with Crippen molar-refractivity contribution in [2.75, 3.05) is 0 Å². The largest absolute Gasteiger partial charge is 0.393 e. The average Bonchev–Trinajstić information content (AvgIpc) is 2.96. The van der Waals surface area contributed by atoms with Gasteiger partial charge in [-0.15, -0.1) is 0 Å². The lowest BCUT2D eigenvalue weighted by Crippen LogP contribution is -2.65. The van der Waals surface area contributed by atoms with Crippen LogP contribution in [-0.2, 0) is 14.4 Å². The smallest absolute Gasteiger partial charge is 0.187 e. The van der Waals surface area contributed by atoms with Gasteiger partial charge >= 0.3 is 0 Å². The molecule has 0 bridgehead atoms. The van der Waals surface area contributed by atoms with Crippen LogP contribution in [0.3, 0.4) is 0 Å². The van der Waals surface area contributed by atoms with Crippen molar-refractivity contribution in [3.8, 4) is 0 Å². The molecule has 3 fully saturated rings. The second kappa shape index (κ2) is 8.17. The summed E-state index contributed by atoms with van der Waals surface area (Å²) in [5, 5.41) is 43.7. The Kier molecular flexibility index (Phi) is 6.26. The molecule has 0 aromatic carbocycles. The van der Waals surface area contributed by atoms with Gasteiger partial charge in [-0.25, -0.2) is 0 Å². The molecule has 3 unspecified atom stereocenters. The van der Waals surface area contributed by atoms with Crippen molar-refractivity contribution in [2.24, 2.45) is 39.4 Å². The van der Waals surface area contributed by atoms with Gasteiger partial charge in [0, 0.05) is 23.2 Å². The first kappa shape index (κ1) is 28.3. The van der Waals surface area contributed by atoms with E-state index in [2.05, 4.69) is 13.0 Å². The molecule has 4 N–H and O–H groups in total. The summed E-state index contributed by atoms with van der Waals surface area (Å²) in [7, 11) is 0. The number of rotatable bonds is 4. The average molecular weight is 517 g/mol. The summed E-state index contributed by atoms with van der Waals surface area (Å²) in [6.45, 7) is 14.0. The molecule has 0 amide bonds. The normalized spacial score (nSPS) is 45.1. The van der Waals surface area contributed by atoms with Crippen LogP contribution in [0.25, 0.3) is 0 Å². The Morgan fingerprint density at radius 1 is 1.03 bits per heavy atom. The van der Waals surface area contributed by atoms with Gasteiger partial charge in [0.1, 0.15) is 17.5 Å². The van der Waals surface area contributed by atoms with Crippen molar-refractivity contribution in [1.29, 1.82) is 0 Å². The molecular formula is C30H44O7.